The maximum Gasteiger partial charge on any atom is 0.123 e. The maximum absolute atomic E-state index is 4.33. The smallest absolute Gasteiger partial charge is 0.123 e. The zero-order valence-corrected chi connectivity index (χ0v) is 7.90. The largest absolute Gasteiger partial charge is 0.241 e. The van der Waals surface area contributed by atoms with Crippen LogP contribution < -0.4 is 0 Å². The molecule has 1 aromatic heterocycles. The van der Waals surface area contributed by atoms with Crippen LogP contribution in [0.2, 0.25) is 0 Å². The second kappa shape index (κ2) is 4.02. The first-order chi connectivity index (χ1) is 5.77. The number of thiazole rings is 1. The van der Waals surface area contributed by atoms with Gasteiger partial charge >= 0.3 is 0 Å². The molecule has 0 unspecified atom stereocenters. The van der Waals surface area contributed by atoms with Gasteiger partial charge in [0, 0.05) is 16.6 Å². The lowest BCUT2D eigenvalue weighted by Gasteiger charge is -1.92. The highest BCUT2D eigenvalue weighted by Crippen LogP contribution is 2.19. The second-order valence-electron chi connectivity index (χ2n) is 2.36. The molecule has 0 saturated heterocycles. The fourth-order valence-corrected chi connectivity index (χ4v) is 1.66. The Kier molecular flexibility index (Phi) is 3.00. The van der Waals surface area contributed by atoms with Crippen molar-refractivity contribution in [3.8, 4) is 0 Å². The van der Waals surface area contributed by atoms with Crippen LogP contribution in [0.15, 0.2) is 36.8 Å². The lowest BCUT2D eigenvalue weighted by molar-refractivity contribution is 1.24. The number of aromatic nitrogens is 1. The van der Waals surface area contributed by atoms with E-state index in [-0.39, 0.29) is 0 Å². The molecule has 0 aromatic carbocycles. The highest BCUT2D eigenvalue weighted by Gasteiger charge is 2.00. The van der Waals surface area contributed by atoms with Gasteiger partial charge in [-0.2, -0.15) is 0 Å². The molecule has 0 saturated carbocycles. The summed E-state index contributed by atoms with van der Waals surface area (Å²) in [4.78, 5) is 4.33. The van der Waals surface area contributed by atoms with E-state index in [2.05, 4.69) is 18.1 Å². The van der Waals surface area contributed by atoms with Crippen molar-refractivity contribution in [1.29, 1.82) is 0 Å². The van der Waals surface area contributed by atoms with Crippen LogP contribution in [0, 0.1) is 6.92 Å². The van der Waals surface area contributed by atoms with Crippen LogP contribution in [0.4, 0.5) is 0 Å². The lowest BCUT2D eigenvalue weighted by Crippen LogP contribution is -1.78. The van der Waals surface area contributed by atoms with Crippen LogP contribution in [0.5, 0.6) is 0 Å². The van der Waals surface area contributed by atoms with E-state index in [0.717, 1.165) is 16.3 Å². The number of aryl methyl sites for hydroxylation is 1. The Labute approximate surface area is 76.8 Å². The third-order valence-electron chi connectivity index (χ3n) is 1.38. The Morgan fingerprint density at radius 3 is 2.75 bits per heavy atom. The molecule has 0 aliphatic carbocycles. The summed E-state index contributed by atoms with van der Waals surface area (Å²) < 4.78 is 0. The van der Waals surface area contributed by atoms with Gasteiger partial charge in [0.2, 0.25) is 0 Å². The van der Waals surface area contributed by atoms with E-state index in [1.807, 2.05) is 18.4 Å². The van der Waals surface area contributed by atoms with E-state index in [1.54, 1.807) is 23.5 Å². The highest BCUT2D eigenvalue weighted by molar-refractivity contribution is 7.10. The molecule has 0 radical (unpaired) electrons. The van der Waals surface area contributed by atoms with E-state index in [0.29, 0.717) is 0 Å². The molecule has 1 heterocycles. The summed E-state index contributed by atoms with van der Waals surface area (Å²) in [5.74, 6) is 0. The maximum atomic E-state index is 4.33. The van der Waals surface area contributed by atoms with Crippen molar-refractivity contribution in [2.45, 2.75) is 6.92 Å². The molecule has 0 aliphatic rings. The van der Waals surface area contributed by atoms with Gasteiger partial charge in [0.25, 0.3) is 0 Å². The average Bonchev–Trinajstić information content (AvgIpc) is 2.47. The average molecular weight is 177 g/mol. The minimum Gasteiger partial charge on any atom is -0.241 e. The molecule has 0 N–H and O–H groups in total. The number of hydrogen-bond donors (Lipinski definition) is 0. The molecule has 1 aromatic rings. The van der Waals surface area contributed by atoms with E-state index in [1.165, 1.54) is 0 Å². The molecule has 1 nitrogen and oxygen atoms in total. The molecule has 62 valence electrons. The quantitative estimate of drug-likeness (QED) is 0.646. The summed E-state index contributed by atoms with van der Waals surface area (Å²) in [6.45, 7) is 9.33. The Bertz CT molecular complexity index is 320. The normalized spacial score (nSPS) is 11.2. The molecule has 1 rings (SSSR count). The SMILES string of the molecule is C=CC=C(C=C)c1nc(C)cs1. The molecular weight excluding hydrogens is 166 g/mol. The standard InChI is InChI=1S/C10H11NS/c1-4-6-9(5-2)10-11-8(3)7-12-10/h4-7H,1-2H2,3H3. The van der Waals surface area contributed by atoms with Gasteiger partial charge in [0.15, 0.2) is 0 Å². The van der Waals surface area contributed by atoms with Crippen LogP contribution in [-0.4, -0.2) is 4.98 Å². The summed E-state index contributed by atoms with van der Waals surface area (Å²) in [7, 11) is 0. The molecule has 12 heavy (non-hydrogen) atoms. The van der Waals surface area contributed by atoms with E-state index in [4.69, 9.17) is 0 Å². The number of nitrogens with zero attached hydrogens (tertiary/aromatic N) is 1. The minimum atomic E-state index is 1.00. The fraction of sp³-hybridized carbons (Fsp3) is 0.100. The van der Waals surface area contributed by atoms with Gasteiger partial charge in [-0.05, 0) is 6.92 Å². The predicted molar refractivity (Wildman–Crippen MR) is 55.2 cm³/mol. The first-order valence-corrected chi connectivity index (χ1v) is 4.53. The molecule has 0 aliphatic heterocycles. The molecule has 0 spiro atoms. The monoisotopic (exact) mass is 177 g/mol. The number of hydrogen-bond acceptors (Lipinski definition) is 2. The number of allylic oxidation sites excluding steroid dienone is 4. The van der Waals surface area contributed by atoms with Crippen LogP contribution >= 0.6 is 11.3 Å². The van der Waals surface area contributed by atoms with Gasteiger partial charge in [0.05, 0.1) is 0 Å². The van der Waals surface area contributed by atoms with E-state index >= 15 is 0 Å². The van der Waals surface area contributed by atoms with Gasteiger partial charge < -0.3 is 0 Å². The first-order valence-electron chi connectivity index (χ1n) is 3.65. The topological polar surface area (TPSA) is 12.9 Å². The summed E-state index contributed by atoms with van der Waals surface area (Å²) >= 11 is 1.62. The number of rotatable bonds is 3. The van der Waals surface area contributed by atoms with Crippen molar-refractivity contribution >= 4 is 16.9 Å². The zero-order valence-electron chi connectivity index (χ0n) is 7.08. The van der Waals surface area contributed by atoms with Gasteiger partial charge in [-0.3, -0.25) is 0 Å². The Balaban J connectivity index is 3.02. The van der Waals surface area contributed by atoms with Crippen LogP contribution in [-0.2, 0) is 0 Å². The molecular formula is C10H11NS. The Morgan fingerprint density at radius 1 is 1.58 bits per heavy atom. The van der Waals surface area contributed by atoms with Crippen molar-refractivity contribution in [2.75, 3.05) is 0 Å². The van der Waals surface area contributed by atoms with Crippen LogP contribution in [0.1, 0.15) is 10.7 Å². The van der Waals surface area contributed by atoms with Gasteiger partial charge in [-0.1, -0.05) is 31.4 Å². The minimum absolute atomic E-state index is 1.00. The van der Waals surface area contributed by atoms with Gasteiger partial charge in [-0.25, -0.2) is 4.98 Å². The molecule has 2 heteroatoms. The van der Waals surface area contributed by atoms with Crippen molar-refractivity contribution in [1.82, 2.24) is 4.98 Å². The van der Waals surface area contributed by atoms with Crippen molar-refractivity contribution in [3.63, 3.8) is 0 Å². The van der Waals surface area contributed by atoms with Gasteiger partial charge in [0.1, 0.15) is 5.01 Å². The van der Waals surface area contributed by atoms with Crippen molar-refractivity contribution < 1.29 is 0 Å². The second-order valence-corrected chi connectivity index (χ2v) is 3.21. The van der Waals surface area contributed by atoms with Crippen molar-refractivity contribution in [2.24, 2.45) is 0 Å². The van der Waals surface area contributed by atoms with Crippen LogP contribution in [0.3, 0.4) is 0 Å². The Morgan fingerprint density at radius 2 is 2.33 bits per heavy atom. The highest BCUT2D eigenvalue weighted by atomic mass is 32.1. The lowest BCUT2D eigenvalue weighted by atomic mass is 10.2. The summed E-state index contributed by atoms with van der Waals surface area (Å²) in [5, 5.41) is 3.03. The third kappa shape index (κ3) is 1.92. The molecule has 0 bridgehead atoms. The van der Waals surface area contributed by atoms with Crippen molar-refractivity contribution in [3.05, 3.63) is 47.5 Å². The summed E-state index contributed by atoms with van der Waals surface area (Å²) in [5.41, 5.74) is 2.08. The molecule has 0 atom stereocenters. The summed E-state index contributed by atoms with van der Waals surface area (Å²) in [6, 6.07) is 0. The Hall–Kier alpha value is -1.15. The third-order valence-corrected chi connectivity index (χ3v) is 2.39. The predicted octanol–water partition coefficient (Wildman–Crippen LogP) is 3.21. The first kappa shape index (κ1) is 8.94. The summed E-state index contributed by atoms with van der Waals surface area (Å²) in [6.07, 6.45) is 5.44. The van der Waals surface area contributed by atoms with E-state index in [9.17, 15) is 0 Å². The molecule has 0 amide bonds. The van der Waals surface area contributed by atoms with Gasteiger partial charge in [-0.15, -0.1) is 11.3 Å². The van der Waals surface area contributed by atoms with Crippen LogP contribution in [0.25, 0.3) is 5.57 Å². The molecule has 0 fully saturated rings. The fourth-order valence-electron chi connectivity index (χ4n) is 0.840. The van der Waals surface area contributed by atoms with E-state index < -0.39 is 0 Å². The zero-order chi connectivity index (χ0) is 8.97.